The van der Waals surface area contributed by atoms with Gasteiger partial charge in [0.25, 0.3) is 0 Å². The first-order valence-corrected chi connectivity index (χ1v) is 6.19. The van der Waals surface area contributed by atoms with Crippen molar-refractivity contribution in [3.63, 3.8) is 0 Å². The Balaban J connectivity index is 2.53. The molecule has 1 aromatic rings. The Morgan fingerprint density at radius 2 is 2.19 bits per heavy atom. The number of hydrogen-bond donors (Lipinski definition) is 2. The van der Waals surface area contributed by atoms with Gasteiger partial charge in [-0.25, -0.2) is 4.39 Å². The van der Waals surface area contributed by atoms with Crippen LogP contribution in [0.1, 0.15) is 13.8 Å². The minimum absolute atomic E-state index is 0.286. The van der Waals surface area contributed by atoms with E-state index in [1.165, 1.54) is 6.07 Å². The van der Waals surface area contributed by atoms with Gasteiger partial charge in [0, 0.05) is 12.2 Å². The number of thiocarbonyl (C=S) groups is 1. The van der Waals surface area contributed by atoms with Gasteiger partial charge in [-0.1, -0.05) is 13.8 Å². The molecule has 1 aromatic carbocycles. The zero-order valence-electron chi connectivity index (χ0n) is 9.18. The van der Waals surface area contributed by atoms with Crippen LogP contribution in [0.4, 0.5) is 10.1 Å². The summed E-state index contributed by atoms with van der Waals surface area (Å²) in [5.41, 5.74) is 0.759. The molecule has 88 valence electrons. The molecular weight excluding hydrogens is 291 g/mol. The lowest BCUT2D eigenvalue weighted by Gasteiger charge is -2.12. The average Bonchev–Trinajstić information content (AvgIpc) is 2.21. The second-order valence-corrected chi connectivity index (χ2v) is 5.12. The Hall–Kier alpha value is -0.680. The van der Waals surface area contributed by atoms with Crippen LogP contribution >= 0.6 is 28.1 Å². The Bertz CT molecular complexity index is 382. The summed E-state index contributed by atoms with van der Waals surface area (Å²) in [6, 6.07) is 4.68. The number of benzene rings is 1. The monoisotopic (exact) mass is 304 g/mol. The third-order valence-corrected chi connectivity index (χ3v) is 2.70. The van der Waals surface area contributed by atoms with Gasteiger partial charge < -0.3 is 10.6 Å². The first-order valence-electron chi connectivity index (χ1n) is 4.99. The van der Waals surface area contributed by atoms with E-state index in [1.807, 2.05) is 0 Å². The van der Waals surface area contributed by atoms with Gasteiger partial charge in [0.2, 0.25) is 0 Å². The molecule has 0 aromatic heterocycles. The van der Waals surface area contributed by atoms with E-state index in [0.29, 0.717) is 15.5 Å². The van der Waals surface area contributed by atoms with E-state index in [2.05, 4.69) is 40.4 Å². The lowest BCUT2D eigenvalue weighted by Crippen LogP contribution is -2.31. The second kappa shape index (κ2) is 6.15. The Labute approximate surface area is 109 Å². The van der Waals surface area contributed by atoms with Gasteiger partial charge in [0.1, 0.15) is 5.82 Å². The normalized spacial score (nSPS) is 10.3. The van der Waals surface area contributed by atoms with Gasteiger partial charge in [-0.05, 0) is 52.3 Å². The van der Waals surface area contributed by atoms with Crippen LogP contribution < -0.4 is 10.6 Å². The molecule has 16 heavy (non-hydrogen) atoms. The van der Waals surface area contributed by atoms with Crippen molar-refractivity contribution in [1.82, 2.24) is 5.32 Å². The Morgan fingerprint density at radius 1 is 1.50 bits per heavy atom. The molecule has 0 aliphatic rings. The summed E-state index contributed by atoms with van der Waals surface area (Å²) in [5.74, 6) is 0.242. The summed E-state index contributed by atoms with van der Waals surface area (Å²) in [7, 11) is 0. The molecule has 2 nitrogen and oxygen atoms in total. The molecule has 0 bridgehead atoms. The average molecular weight is 305 g/mol. The number of nitrogens with one attached hydrogen (secondary N) is 2. The highest BCUT2D eigenvalue weighted by molar-refractivity contribution is 9.10. The van der Waals surface area contributed by atoms with Gasteiger partial charge in [-0.15, -0.1) is 0 Å². The molecule has 0 aliphatic heterocycles. The molecule has 0 atom stereocenters. The fraction of sp³-hybridized carbons (Fsp3) is 0.364. The van der Waals surface area contributed by atoms with Gasteiger partial charge in [0.05, 0.1) is 4.47 Å². The van der Waals surface area contributed by atoms with Crippen molar-refractivity contribution in [3.05, 3.63) is 28.5 Å². The van der Waals surface area contributed by atoms with E-state index >= 15 is 0 Å². The van der Waals surface area contributed by atoms with Crippen molar-refractivity contribution in [3.8, 4) is 0 Å². The molecule has 0 amide bonds. The fourth-order valence-corrected chi connectivity index (χ4v) is 1.63. The van der Waals surface area contributed by atoms with Crippen molar-refractivity contribution >= 4 is 38.9 Å². The van der Waals surface area contributed by atoms with E-state index in [4.69, 9.17) is 12.2 Å². The van der Waals surface area contributed by atoms with Crippen LogP contribution in [0.5, 0.6) is 0 Å². The molecular formula is C11H14BrFN2S. The predicted molar refractivity (Wildman–Crippen MR) is 73.2 cm³/mol. The van der Waals surface area contributed by atoms with Gasteiger partial charge in [-0.3, -0.25) is 0 Å². The topological polar surface area (TPSA) is 24.1 Å². The smallest absolute Gasteiger partial charge is 0.170 e. The maximum absolute atomic E-state index is 13.0. The highest BCUT2D eigenvalue weighted by Gasteiger charge is 2.02. The SMILES string of the molecule is CC(C)CNC(=S)Nc1ccc(F)c(Br)c1. The molecule has 0 spiro atoms. The van der Waals surface area contributed by atoms with Gasteiger partial charge >= 0.3 is 0 Å². The molecule has 1 rings (SSSR count). The summed E-state index contributed by atoms with van der Waals surface area (Å²) >= 11 is 8.22. The molecule has 0 radical (unpaired) electrons. The molecule has 2 N–H and O–H groups in total. The van der Waals surface area contributed by atoms with Crippen LogP contribution in [0.3, 0.4) is 0 Å². The van der Waals surface area contributed by atoms with Crippen LogP contribution in [0.15, 0.2) is 22.7 Å². The van der Waals surface area contributed by atoms with E-state index in [1.54, 1.807) is 12.1 Å². The molecule has 0 unspecified atom stereocenters. The lowest BCUT2D eigenvalue weighted by atomic mass is 10.2. The van der Waals surface area contributed by atoms with Crippen LogP contribution in [0, 0.1) is 11.7 Å². The van der Waals surface area contributed by atoms with Crippen LogP contribution in [-0.4, -0.2) is 11.7 Å². The Morgan fingerprint density at radius 3 is 2.75 bits per heavy atom. The lowest BCUT2D eigenvalue weighted by molar-refractivity contribution is 0.621. The number of halogens is 2. The summed E-state index contributed by atoms with van der Waals surface area (Å²) in [4.78, 5) is 0. The quantitative estimate of drug-likeness (QED) is 0.835. The molecule has 0 saturated carbocycles. The predicted octanol–water partition coefficient (Wildman–Crippen LogP) is 3.53. The van der Waals surface area contributed by atoms with Crippen molar-refractivity contribution < 1.29 is 4.39 Å². The van der Waals surface area contributed by atoms with Crippen LogP contribution in [0.25, 0.3) is 0 Å². The van der Waals surface area contributed by atoms with E-state index in [0.717, 1.165) is 12.2 Å². The first kappa shape index (κ1) is 13.4. The highest BCUT2D eigenvalue weighted by Crippen LogP contribution is 2.19. The van der Waals surface area contributed by atoms with Crippen LogP contribution in [-0.2, 0) is 0 Å². The zero-order chi connectivity index (χ0) is 12.1. The van der Waals surface area contributed by atoms with Gasteiger partial charge in [-0.2, -0.15) is 0 Å². The van der Waals surface area contributed by atoms with Gasteiger partial charge in [0.15, 0.2) is 5.11 Å². The van der Waals surface area contributed by atoms with Crippen molar-refractivity contribution in [2.45, 2.75) is 13.8 Å². The maximum Gasteiger partial charge on any atom is 0.170 e. The molecule has 5 heteroatoms. The third-order valence-electron chi connectivity index (χ3n) is 1.85. The van der Waals surface area contributed by atoms with E-state index < -0.39 is 0 Å². The molecule has 0 saturated heterocycles. The summed E-state index contributed by atoms with van der Waals surface area (Å²) < 4.78 is 13.4. The largest absolute Gasteiger partial charge is 0.362 e. The molecule has 0 heterocycles. The highest BCUT2D eigenvalue weighted by atomic mass is 79.9. The fourth-order valence-electron chi connectivity index (χ4n) is 1.05. The Kier molecular flexibility index (Phi) is 5.15. The number of hydrogen-bond acceptors (Lipinski definition) is 1. The van der Waals surface area contributed by atoms with Crippen molar-refractivity contribution in [1.29, 1.82) is 0 Å². The molecule has 0 fully saturated rings. The minimum Gasteiger partial charge on any atom is -0.362 e. The number of rotatable bonds is 3. The van der Waals surface area contributed by atoms with Crippen LogP contribution in [0.2, 0.25) is 0 Å². The minimum atomic E-state index is -0.286. The van der Waals surface area contributed by atoms with E-state index in [9.17, 15) is 4.39 Å². The summed E-state index contributed by atoms with van der Waals surface area (Å²) in [6.07, 6.45) is 0. The zero-order valence-corrected chi connectivity index (χ0v) is 11.6. The third kappa shape index (κ3) is 4.45. The molecule has 0 aliphatic carbocycles. The van der Waals surface area contributed by atoms with Crippen molar-refractivity contribution in [2.75, 3.05) is 11.9 Å². The summed E-state index contributed by atoms with van der Waals surface area (Å²) in [6.45, 7) is 5.02. The first-order chi connectivity index (χ1) is 7.49. The number of anilines is 1. The standard InChI is InChI=1S/C11H14BrFN2S/c1-7(2)6-14-11(16)15-8-3-4-10(13)9(12)5-8/h3-5,7H,6H2,1-2H3,(H2,14,15,16). The van der Waals surface area contributed by atoms with Crippen molar-refractivity contribution in [2.24, 2.45) is 5.92 Å². The van der Waals surface area contributed by atoms with E-state index in [-0.39, 0.29) is 5.82 Å². The maximum atomic E-state index is 13.0. The second-order valence-electron chi connectivity index (χ2n) is 3.86. The summed E-state index contributed by atoms with van der Waals surface area (Å²) in [5, 5.41) is 6.61.